The number of aliphatic hydroxyl groups excluding tert-OH is 1. The summed E-state index contributed by atoms with van der Waals surface area (Å²) in [6, 6.07) is 4.85. The van der Waals surface area contributed by atoms with E-state index in [1.807, 2.05) is 0 Å². The fraction of sp³-hybridized carbons (Fsp3) is 0.353. The van der Waals surface area contributed by atoms with Crippen molar-refractivity contribution >= 4 is 32.3 Å². The van der Waals surface area contributed by atoms with Crippen LogP contribution >= 0.6 is 22.6 Å². The van der Waals surface area contributed by atoms with Crippen LogP contribution < -0.4 is 20.7 Å². The maximum absolute atomic E-state index is 12.4. The van der Waals surface area contributed by atoms with E-state index in [0.717, 1.165) is 21.3 Å². The molecule has 12 heteroatoms. The van der Waals surface area contributed by atoms with E-state index in [4.69, 9.17) is 9.84 Å². The second-order valence-electron chi connectivity index (χ2n) is 5.81. The van der Waals surface area contributed by atoms with Crippen LogP contribution in [-0.4, -0.2) is 31.1 Å². The van der Waals surface area contributed by atoms with Gasteiger partial charge in [-0.1, -0.05) is 6.07 Å². The molecule has 0 aliphatic carbocycles. The predicted molar refractivity (Wildman–Crippen MR) is 107 cm³/mol. The van der Waals surface area contributed by atoms with E-state index in [9.17, 15) is 22.8 Å². The van der Waals surface area contributed by atoms with Gasteiger partial charge in [0.15, 0.2) is 0 Å². The molecule has 0 spiro atoms. The molecule has 29 heavy (non-hydrogen) atoms. The van der Waals surface area contributed by atoms with Gasteiger partial charge in [0.05, 0.1) is 5.56 Å². The highest BCUT2D eigenvalue weighted by atomic mass is 127. The standard InChI is InChI=1S/C17H17F3IN3O5/c1-10-13(23(2)16(27)24(14(10)26)7-4-8-25)22-15(21)28-11-5-3-6-12(9-11)29-17(18,19)20/h3,5-6,9,25H,4,7-8H2,1-2H3. The van der Waals surface area contributed by atoms with Crippen molar-refractivity contribution in [3.05, 3.63) is 50.7 Å². The molecule has 0 saturated heterocycles. The fourth-order valence-corrected chi connectivity index (χ4v) is 2.91. The third kappa shape index (κ3) is 6.06. The first-order chi connectivity index (χ1) is 13.5. The first-order valence-electron chi connectivity index (χ1n) is 8.22. The molecule has 0 aliphatic rings. The number of hydrogen-bond donors (Lipinski definition) is 1. The molecular formula is C17H17F3IN3O5. The average Bonchev–Trinajstić information content (AvgIpc) is 2.62. The van der Waals surface area contributed by atoms with Crippen LogP contribution in [0, 0.1) is 6.92 Å². The molecule has 2 rings (SSSR count). The molecule has 0 unspecified atom stereocenters. The van der Waals surface area contributed by atoms with Gasteiger partial charge in [0, 0.05) is 48.9 Å². The lowest BCUT2D eigenvalue weighted by atomic mass is 10.3. The van der Waals surface area contributed by atoms with E-state index < -0.39 is 23.4 Å². The van der Waals surface area contributed by atoms with Crippen molar-refractivity contribution in [1.29, 1.82) is 0 Å². The number of aliphatic hydroxyl groups is 1. The molecule has 8 nitrogen and oxygen atoms in total. The largest absolute Gasteiger partial charge is 0.573 e. The highest BCUT2D eigenvalue weighted by Crippen LogP contribution is 2.27. The maximum Gasteiger partial charge on any atom is 0.573 e. The Balaban J connectivity index is 2.34. The lowest BCUT2D eigenvalue weighted by molar-refractivity contribution is -0.274. The summed E-state index contributed by atoms with van der Waals surface area (Å²) in [5.41, 5.74) is -0.986. The maximum atomic E-state index is 12.4. The van der Waals surface area contributed by atoms with E-state index in [-0.39, 0.29) is 40.6 Å². The molecule has 0 amide bonds. The Morgan fingerprint density at radius 2 is 1.93 bits per heavy atom. The molecule has 1 aromatic heterocycles. The van der Waals surface area contributed by atoms with Crippen molar-refractivity contribution < 1.29 is 27.8 Å². The van der Waals surface area contributed by atoms with Gasteiger partial charge < -0.3 is 14.6 Å². The van der Waals surface area contributed by atoms with Gasteiger partial charge in [-0.3, -0.25) is 13.9 Å². The van der Waals surface area contributed by atoms with Crippen LogP contribution in [-0.2, 0) is 13.6 Å². The molecule has 1 aromatic carbocycles. The van der Waals surface area contributed by atoms with Crippen molar-refractivity contribution in [3.63, 3.8) is 0 Å². The van der Waals surface area contributed by atoms with Gasteiger partial charge in [-0.25, -0.2) is 4.79 Å². The number of aliphatic imine (C=N–C) groups is 1. The van der Waals surface area contributed by atoms with Gasteiger partial charge in [-0.05, 0) is 25.5 Å². The number of aromatic nitrogens is 2. The summed E-state index contributed by atoms with van der Waals surface area (Å²) in [5, 5.41) is 8.91. The summed E-state index contributed by atoms with van der Waals surface area (Å²) in [6.45, 7) is 1.38. The van der Waals surface area contributed by atoms with E-state index in [2.05, 4.69) is 9.73 Å². The van der Waals surface area contributed by atoms with Crippen LogP contribution in [0.25, 0.3) is 0 Å². The Kier molecular flexibility index (Phi) is 7.46. The van der Waals surface area contributed by atoms with E-state index in [1.54, 1.807) is 22.6 Å². The van der Waals surface area contributed by atoms with Gasteiger partial charge in [0.1, 0.15) is 17.3 Å². The van der Waals surface area contributed by atoms with Crippen LogP contribution in [0.15, 0.2) is 38.8 Å². The van der Waals surface area contributed by atoms with E-state index in [0.29, 0.717) is 0 Å². The molecule has 0 aliphatic heterocycles. The summed E-state index contributed by atoms with van der Waals surface area (Å²) in [6.07, 6.45) is -4.59. The monoisotopic (exact) mass is 527 g/mol. The number of alkyl halides is 3. The molecule has 158 valence electrons. The second-order valence-corrected chi connectivity index (χ2v) is 6.74. The highest BCUT2D eigenvalue weighted by molar-refractivity contribution is 14.1. The van der Waals surface area contributed by atoms with Gasteiger partial charge >= 0.3 is 12.1 Å². The number of halogens is 4. The Bertz CT molecular complexity index is 993. The fourth-order valence-electron chi connectivity index (χ4n) is 2.43. The Hall–Kier alpha value is -2.35. The summed E-state index contributed by atoms with van der Waals surface area (Å²) >= 11 is 1.68. The first-order valence-corrected chi connectivity index (χ1v) is 9.30. The van der Waals surface area contributed by atoms with Crippen LogP contribution in [0.2, 0.25) is 0 Å². The normalized spacial score (nSPS) is 12.2. The minimum atomic E-state index is -4.84. The summed E-state index contributed by atoms with van der Waals surface area (Å²) in [5.74, 6) is -0.388. The summed E-state index contributed by atoms with van der Waals surface area (Å²) in [4.78, 5) is 28.9. The van der Waals surface area contributed by atoms with E-state index in [1.165, 1.54) is 26.1 Å². The molecule has 2 aromatic rings. The zero-order valence-electron chi connectivity index (χ0n) is 15.4. The predicted octanol–water partition coefficient (Wildman–Crippen LogP) is 2.64. The third-order valence-electron chi connectivity index (χ3n) is 3.71. The number of ether oxygens (including phenoxy) is 2. The van der Waals surface area contributed by atoms with Crippen molar-refractivity contribution in [3.8, 4) is 11.5 Å². The zero-order chi connectivity index (χ0) is 21.8. The minimum absolute atomic E-state index is 0.0267. The topological polar surface area (TPSA) is 95.1 Å². The molecule has 0 bridgehead atoms. The lowest BCUT2D eigenvalue weighted by Crippen LogP contribution is -2.40. The average molecular weight is 527 g/mol. The number of nitrogens with zero attached hydrogens (tertiary/aromatic N) is 3. The molecule has 0 fully saturated rings. The SMILES string of the molecule is Cc1c(N=C(I)Oc2cccc(OC(F)(F)F)c2)n(C)c(=O)n(CCCO)c1=O. The molecular weight excluding hydrogens is 510 g/mol. The molecule has 0 saturated carbocycles. The van der Waals surface area contributed by atoms with Gasteiger partial charge in [0.2, 0.25) is 0 Å². The quantitative estimate of drug-likeness (QED) is 0.354. The number of benzene rings is 1. The molecule has 1 N–H and O–H groups in total. The Morgan fingerprint density at radius 1 is 1.28 bits per heavy atom. The van der Waals surface area contributed by atoms with Crippen LogP contribution in [0.4, 0.5) is 19.0 Å². The van der Waals surface area contributed by atoms with Gasteiger partial charge in [-0.2, -0.15) is 4.99 Å². The second kappa shape index (κ2) is 9.43. The van der Waals surface area contributed by atoms with Crippen molar-refractivity contribution in [2.45, 2.75) is 26.3 Å². The van der Waals surface area contributed by atoms with Crippen molar-refractivity contribution in [2.24, 2.45) is 12.0 Å². The zero-order valence-corrected chi connectivity index (χ0v) is 17.5. The lowest BCUT2D eigenvalue weighted by Gasteiger charge is -2.13. The smallest absolute Gasteiger partial charge is 0.434 e. The van der Waals surface area contributed by atoms with Crippen molar-refractivity contribution in [2.75, 3.05) is 6.61 Å². The van der Waals surface area contributed by atoms with Crippen LogP contribution in [0.3, 0.4) is 0 Å². The van der Waals surface area contributed by atoms with Gasteiger partial charge in [-0.15, -0.1) is 13.2 Å². The molecule has 1 heterocycles. The number of rotatable bonds is 6. The highest BCUT2D eigenvalue weighted by Gasteiger charge is 2.31. The molecule has 0 atom stereocenters. The molecule has 0 radical (unpaired) electrons. The Morgan fingerprint density at radius 3 is 2.55 bits per heavy atom. The number of hydrogen-bond acceptors (Lipinski definition) is 6. The third-order valence-corrected chi connectivity index (χ3v) is 4.17. The summed E-state index contributed by atoms with van der Waals surface area (Å²) < 4.78 is 48.3. The van der Waals surface area contributed by atoms with Crippen molar-refractivity contribution in [1.82, 2.24) is 9.13 Å². The summed E-state index contributed by atoms with van der Waals surface area (Å²) in [7, 11) is 1.42. The van der Waals surface area contributed by atoms with Crippen LogP contribution in [0.5, 0.6) is 11.5 Å². The minimum Gasteiger partial charge on any atom is -0.434 e. The van der Waals surface area contributed by atoms with E-state index >= 15 is 0 Å². The van der Waals surface area contributed by atoms with Gasteiger partial charge in [0.25, 0.3) is 9.46 Å². The Labute approximate surface area is 176 Å². The first kappa shape index (κ1) is 22.9. The van der Waals surface area contributed by atoms with Crippen LogP contribution in [0.1, 0.15) is 12.0 Å².